The van der Waals surface area contributed by atoms with Crippen LogP contribution < -0.4 is 16.0 Å². The van der Waals surface area contributed by atoms with E-state index in [9.17, 15) is 9.59 Å². The number of carbonyl (C=O) groups excluding carboxylic acids is 2. The van der Waals surface area contributed by atoms with Gasteiger partial charge in [0.25, 0.3) is 5.91 Å². The second-order valence-electron chi connectivity index (χ2n) is 6.22. The van der Waals surface area contributed by atoms with Crippen LogP contribution in [-0.4, -0.2) is 21.8 Å². The Labute approximate surface area is 167 Å². The third-order valence-corrected chi connectivity index (χ3v) is 3.78. The van der Waals surface area contributed by atoms with E-state index in [1.165, 1.54) is 13.0 Å². The molecule has 0 saturated heterocycles. The summed E-state index contributed by atoms with van der Waals surface area (Å²) in [5, 5.41) is 17.5. The van der Waals surface area contributed by atoms with Crippen LogP contribution in [0.15, 0.2) is 54.6 Å². The van der Waals surface area contributed by atoms with Crippen molar-refractivity contribution in [1.29, 1.82) is 5.26 Å². The number of hydrogen-bond acceptors (Lipinski definition) is 6. The minimum atomic E-state index is -0.416. The van der Waals surface area contributed by atoms with E-state index in [4.69, 9.17) is 5.26 Å². The van der Waals surface area contributed by atoms with Gasteiger partial charge in [-0.05, 0) is 43.3 Å². The molecule has 8 heteroatoms. The fourth-order valence-corrected chi connectivity index (χ4v) is 2.64. The quantitative estimate of drug-likeness (QED) is 0.616. The van der Waals surface area contributed by atoms with Gasteiger partial charge in [0.1, 0.15) is 17.3 Å². The van der Waals surface area contributed by atoms with Gasteiger partial charge in [-0.15, -0.1) is 0 Å². The summed E-state index contributed by atoms with van der Waals surface area (Å²) in [7, 11) is 0. The number of nitriles is 1. The van der Waals surface area contributed by atoms with Gasteiger partial charge < -0.3 is 16.0 Å². The minimum absolute atomic E-state index is 0.167. The minimum Gasteiger partial charge on any atom is -0.340 e. The van der Waals surface area contributed by atoms with Crippen molar-refractivity contribution in [2.45, 2.75) is 13.8 Å². The summed E-state index contributed by atoms with van der Waals surface area (Å²) in [5.41, 5.74) is 2.47. The Morgan fingerprint density at radius 2 is 1.62 bits per heavy atom. The smallest absolute Gasteiger partial charge is 0.274 e. The van der Waals surface area contributed by atoms with Crippen molar-refractivity contribution < 1.29 is 9.59 Å². The maximum atomic E-state index is 12.6. The van der Waals surface area contributed by atoms with Crippen LogP contribution in [0.5, 0.6) is 0 Å². The Bertz CT molecular complexity index is 1120. The second kappa shape index (κ2) is 8.63. The van der Waals surface area contributed by atoms with Crippen LogP contribution in [0.2, 0.25) is 0 Å². The molecule has 3 rings (SSSR count). The van der Waals surface area contributed by atoms with Gasteiger partial charge in [-0.1, -0.05) is 12.1 Å². The highest BCUT2D eigenvalue weighted by atomic mass is 16.2. The van der Waals surface area contributed by atoms with Gasteiger partial charge in [0.05, 0.1) is 11.6 Å². The van der Waals surface area contributed by atoms with Crippen molar-refractivity contribution in [3.63, 3.8) is 0 Å². The molecule has 0 bridgehead atoms. The average Bonchev–Trinajstić information content (AvgIpc) is 2.67. The number of aryl methyl sites for hydroxylation is 1. The lowest BCUT2D eigenvalue weighted by Gasteiger charge is -2.10. The summed E-state index contributed by atoms with van der Waals surface area (Å²) < 4.78 is 0. The van der Waals surface area contributed by atoms with Crippen molar-refractivity contribution in [3.05, 3.63) is 71.7 Å². The van der Waals surface area contributed by atoms with E-state index in [1.807, 2.05) is 12.1 Å². The molecular formula is C21H18N6O2. The summed E-state index contributed by atoms with van der Waals surface area (Å²) in [4.78, 5) is 32.3. The molecule has 0 radical (unpaired) electrons. The Morgan fingerprint density at radius 1 is 0.931 bits per heavy atom. The molecule has 2 aromatic carbocycles. The largest absolute Gasteiger partial charge is 0.340 e. The fourth-order valence-electron chi connectivity index (χ4n) is 2.64. The summed E-state index contributed by atoms with van der Waals surface area (Å²) in [5.74, 6) is 0.275. The number of aromatic nitrogens is 2. The summed E-state index contributed by atoms with van der Waals surface area (Å²) >= 11 is 0. The second-order valence-corrected chi connectivity index (χ2v) is 6.22. The zero-order valence-corrected chi connectivity index (χ0v) is 15.9. The number of benzene rings is 2. The fraction of sp³-hybridized carbons (Fsp3) is 0.0952. The molecule has 0 unspecified atom stereocenters. The van der Waals surface area contributed by atoms with Gasteiger partial charge in [0.2, 0.25) is 5.91 Å². The van der Waals surface area contributed by atoms with E-state index in [2.05, 4.69) is 25.9 Å². The summed E-state index contributed by atoms with van der Waals surface area (Å²) in [6.45, 7) is 3.12. The van der Waals surface area contributed by atoms with E-state index < -0.39 is 5.91 Å². The lowest BCUT2D eigenvalue weighted by atomic mass is 10.2. The molecule has 29 heavy (non-hydrogen) atoms. The van der Waals surface area contributed by atoms with Gasteiger partial charge in [-0.25, -0.2) is 9.97 Å². The molecule has 144 valence electrons. The lowest BCUT2D eigenvalue weighted by molar-refractivity contribution is -0.114. The predicted molar refractivity (Wildman–Crippen MR) is 110 cm³/mol. The van der Waals surface area contributed by atoms with Crippen molar-refractivity contribution in [2.24, 2.45) is 0 Å². The van der Waals surface area contributed by atoms with E-state index in [-0.39, 0.29) is 11.6 Å². The number of amides is 2. The van der Waals surface area contributed by atoms with E-state index in [0.29, 0.717) is 34.3 Å². The summed E-state index contributed by atoms with van der Waals surface area (Å²) in [6, 6.07) is 17.3. The maximum absolute atomic E-state index is 12.6. The molecule has 0 atom stereocenters. The highest BCUT2D eigenvalue weighted by Gasteiger charge is 2.12. The third-order valence-electron chi connectivity index (χ3n) is 3.78. The first-order valence-electron chi connectivity index (χ1n) is 8.75. The zero-order chi connectivity index (χ0) is 20.8. The molecule has 0 spiro atoms. The van der Waals surface area contributed by atoms with E-state index in [1.54, 1.807) is 49.4 Å². The van der Waals surface area contributed by atoms with Crippen LogP contribution in [0.1, 0.15) is 28.8 Å². The van der Waals surface area contributed by atoms with Crippen LogP contribution in [0.3, 0.4) is 0 Å². The number of nitrogens with zero attached hydrogens (tertiary/aromatic N) is 3. The molecule has 0 aliphatic rings. The Balaban J connectivity index is 1.80. The van der Waals surface area contributed by atoms with Gasteiger partial charge in [-0.2, -0.15) is 5.26 Å². The topological polar surface area (TPSA) is 120 Å². The van der Waals surface area contributed by atoms with Crippen LogP contribution in [0.25, 0.3) is 0 Å². The molecule has 0 saturated carbocycles. The van der Waals surface area contributed by atoms with Gasteiger partial charge in [0, 0.05) is 30.1 Å². The number of carbonyl (C=O) groups is 2. The van der Waals surface area contributed by atoms with Crippen molar-refractivity contribution >= 4 is 34.7 Å². The standard InChI is InChI=1S/C21H18N6O2/c1-13-23-19(21(29)27-16-6-3-5-15(9-16)12-22)11-20(24-13)26-18-8-4-7-17(10-18)25-14(2)28/h3-11H,1-2H3,(H,25,28)(H,27,29)(H,23,24,26). The molecule has 0 fully saturated rings. The Morgan fingerprint density at radius 3 is 2.34 bits per heavy atom. The van der Waals surface area contributed by atoms with E-state index >= 15 is 0 Å². The molecule has 3 N–H and O–H groups in total. The van der Waals surface area contributed by atoms with Gasteiger partial charge in [-0.3, -0.25) is 9.59 Å². The van der Waals surface area contributed by atoms with Crippen molar-refractivity contribution in [2.75, 3.05) is 16.0 Å². The molecule has 2 amide bonds. The molecule has 8 nitrogen and oxygen atoms in total. The third kappa shape index (κ3) is 5.37. The molecule has 1 aromatic heterocycles. The van der Waals surface area contributed by atoms with Gasteiger partial charge >= 0.3 is 0 Å². The molecular weight excluding hydrogens is 368 g/mol. The first-order chi connectivity index (χ1) is 13.9. The monoisotopic (exact) mass is 386 g/mol. The van der Waals surface area contributed by atoms with Crippen LogP contribution >= 0.6 is 0 Å². The predicted octanol–water partition coefficient (Wildman–Crippen LogP) is 3.61. The van der Waals surface area contributed by atoms with E-state index in [0.717, 1.165) is 0 Å². The van der Waals surface area contributed by atoms with Crippen LogP contribution in [0.4, 0.5) is 22.9 Å². The van der Waals surface area contributed by atoms with Crippen molar-refractivity contribution in [3.8, 4) is 6.07 Å². The number of anilines is 4. The molecule has 0 aliphatic carbocycles. The maximum Gasteiger partial charge on any atom is 0.274 e. The first kappa shape index (κ1) is 19.5. The molecule has 0 aliphatic heterocycles. The van der Waals surface area contributed by atoms with Gasteiger partial charge in [0.15, 0.2) is 0 Å². The number of nitrogens with one attached hydrogen (secondary N) is 3. The Hall–Kier alpha value is -4.25. The lowest BCUT2D eigenvalue weighted by Crippen LogP contribution is -2.15. The van der Waals surface area contributed by atoms with Crippen LogP contribution in [0, 0.1) is 18.3 Å². The molecule has 1 heterocycles. The highest BCUT2D eigenvalue weighted by molar-refractivity contribution is 6.03. The van der Waals surface area contributed by atoms with Crippen molar-refractivity contribution in [1.82, 2.24) is 9.97 Å². The van der Waals surface area contributed by atoms with Crippen LogP contribution in [-0.2, 0) is 4.79 Å². The number of hydrogen-bond donors (Lipinski definition) is 3. The highest BCUT2D eigenvalue weighted by Crippen LogP contribution is 2.20. The summed E-state index contributed by atoms with van der Waals surface area (Å²) in [6.07, 6.45) is 0. The zero-order valence-electron chi connectivity index (χ0n) is 15.9. The first-order valence-corrected chi connectivity index (χ1v) is 8.75. The normalized spacial score (nSPS) is 9.97. The average molecular weight is 386 g/mol. The Kier molecular flexibility index (Phi) is 5.80. The molecule has 3 aromatic rings. The SMILES string of the molecule is CC(=O)Nc1cccc(Nc2cc(C(=O)Nc3cccc(C#N)c3)nc(C)n2)c1. The number of rotatable bonds is 5.